The molecule has 12 heavy (non-hydrogen) atoms. The van der Waals surface area contributed by atoms with Crippen molar-refractivity contribution in [3.63, 3.8) is 0 Å². The summed E-state index contributed by atoms with van der Waals surface area (Å²) in [5, 5.41) is 11.9. The van der Waals surface area contributed by atoms with Crippen molar-refractivity contribution in [2.75, 3.05) is 0 Å². The third-order valence-corrected chi connectivity index (χ3v) is 2.24. The van der Waals surface area contributed by atoms with Gasteiger partial charge < -0.3 is 5.21 Å². The molecule has 0 atom stereocenters. The van der Waals surface area contributed by atoms with Gasteiger partial charge in [0.2, 0.25) is 0 Å². The van der Waals surface area contributed by atoms with Gasteiger partial charge in [-0.05, 0) is 44.8 Å². The van der Waals surface area contributed by atoms with Crippen LogP contribution in [-0.2, 0) is 0 Å². The van der Waals surface area contributed by atoms with Gasteiger partial charge in [-0.1, -0.05) is 16.8 Å². The van der Waals surface area contributed by atoms with E-state index in [2.05, 4.69) is 25.1 Å². The van der Waals surface area contributed by atoms with Crippen molar-refractivity contribution in [2.24, 2.45) is 5.16 Å². The van der Waals surface area contributed by atoms with Crippen LogP contribution in [0.2, 0.25) is 0 Å². The number of oxime groups is 1. The molecule has 2 nitrogen and oxygen atoms in total. The molecule has 0 aromatic carbocycles. The first kappa shape index (κ1) is 9.04. The molecular formula is C10H15NO. The Morgan fingerprint density at radius 1 is 1.42 bits per heavy atom. The molecule has 66 valence electrons. The summed E-state index contributed by atoms with van der Waals surface area (Å²) < 4.78 is 0. The van der Waals surface area contributed by atoms with E-state index in [0.29, 0.717) is 0 Å². The fourth-order valence-electron chi connectivity index (χ4n) is 1.39. The second-order valence-corrected chi connectivity index (χ2v) is 3.40. The largest absolute Gasteiger partial charge is 0.411 e. The standard InChI is InChI=1S/C10H15NO/c1-7(2)9-4-5-10(11-12)8(3)6-9/h6,12H,4-5H2,1-3H3/b11-10+. The highest BCUT2D eigenvalue weighted by Crippen LogP contribution is 2.22. The van der Waals surface area contributed by atoms with Gasteiger partial charge in [-0.15, -0.1) is 0 Å². The van der Waals surface area contributed by atoms with E-state index in [-0.39, 0.29) is 0 Å². The first-order chi connectivity index (χ1) is 5.65. The second kappa shape index (κ2) is 3.57. The average molecular weight is 165 g/mol. The molecule has 0 heterocycles. The van der Waals surface area contributed by atoms with Crippen LogP contribution in [0.25, 0.3) is 0 Å². The van der Waals surface area contributed by atoms with Crippen LogP contribution in [0, 0.1) is 0 Å². The highest BCUT2D eigenvalue weighted by molar-refractivity contribution is 6.00. The molecule has 1 N–H and O–H groups in total. The smallest absolute Gasteiger partial charge is 0.0828 e. The summed E-state index contributed by atoms with van der Waals surface area (Å²) in [5.74, 6) is 0. The minimum Gasteiger partial charge on any atom is -0.411 e. The molecule has 0 aromatic heterocycles. The van der Waals surface area contributed by atoms with E-state index in [1.54, 1.807) is 0 Å². The number of nitrogens with zero attached hydrogens (tertiary/aromatic N) is 1. The predicted molar refractivity (Wildman–Crippen MR) is 50.6 cm³/mol. The van der Waals surface area contributed by atoms with Gasteiger partial charge in [0.15, 0.2) is 0 Å². The van der Waals surface area contributed by atoms with Crippen LogP contribution in [0.15, 0.2) is 28.0 Å². The van der Waals surface area contributed by atoms with Crippen molar-refractivity contribution < 1.29 is 5.21 Å². The van der Waals surface area contributed by atoms with Crippen molar-refractivity contribution in [1.82, 2.24) is 0 Å². The van der Waals surface area contributed by atoms with Crippen molar-refractivity contribution in [1.29, 1.82) is 0 Å². The quantitative estimate of drug-likeness (QED) is 0.434. The van der Waals surface area contributed by atoms with Gasteiger partial charge in [-0.2, -0.15) is 0 Å². The summed E-state index contributed by atoms with van der Waals surface area (Å²) in [6.45, 7) is 6.21. The Hall–Kier alpha value is -1.05. The van der Waals surface area contributed by atoms with E-state index in [1.165, 1.54) is 11.1 Å². The Morgan fingerprint density at radius 2 is 2.08 bits per heavy atom. The minimum absolute atomic E-state index is 0.819. The van der Waals surface area contributed by atoms with E-state index in [1.807, 2.05) is 6.92 Å². The van der Waals surface area contributed by atoms with E-state index in [9.17, 15) is 0 Å². The number of hydrogen-bond donors (Lipinski definition) is 1. The molecule has 1 rings (SSSR count). The maximum atomic E-state index is 8.62. The lowest BCUT2D eigenvalue weighted by molar-refractivity contribution is 0.317. The van der Waals surface area contributed by atoms with Crippen molar-refractivity contribution in [2.45, 2.75) is 33.6 Å². The van der Waals surface area contributed by atoms with Crippen LogP contribution in [0.5, 0.6) is 0 Å². The van der Waals surface area contributed by atoms with Crippen LogP contribution in [0.4, 0.5) is 0 Å². The Balaban J connectivity index is 2.97. The molecule has 0 amide bonds. The van der Waals surface area contributed by atoms with E-state index in [0.717, 1.165) is 24.1 Å². The molecule has 0 aliphatic heterocycles. The topological polar surface area (TPSA) is 32.6 Å². The fourth-order valence-corrected chi connectivity index (χ4v) is 1.39. The van der Waals surface area contributed by atoms with Gasteiger partial charge in [-0.3, -0.25) is 0 Å². The molecular weight excluding hydrogens is 150 g/mol. The lowest BCUT2D eigenvalue weighted by Gasteiger charge is -2.14. The second-order valence-electron chi connectivity index (χ2n) is 3.40. The van der Waals surface area contributed by atoms with Crippen molar-refractivity contribution >= 4 is 5.71 Å². The lowest BCUT2D eigenvalue weighted by atomic mass is 9.92. The van der Waals surface area contributed by atoms with Gasteiger partial charge in [0.1, 0.15) is 0 Å². The third-order valence-electron chi connectivity index (χ3n) is 2.24. The van der Waals surface area contributed by atoms with Gasteiger partial charge in [0.25, 0.3) is 0 Å². The molecule has 0 radical (unpaired) electrons. The van der Waals surface area contributed by atoms with Crippen LogP contribution >= 0.6 is 0 Å². The van der Waals surface area contributed by atoms with Crippen molar-refractivity contribution in [3.05, 3.63) is 22.8 Å². The summed E-state index contributed by atoms with van der Waals surface area (Å²) in [5.41, 5.74) is 4.63. The molecule has 2 heteroatoms. The first-order valence-electron chi connectivity index (χ1n) is 4.21. The zero-order valence-corrected chi connectivity index (χ0v) is 7.89. The molecule has 0 saturated heterocycles. The average Bonchev–Trinajstić information content (AvgIpc) is 2.04. The summed E-state index contributed by atoms with van der Waals surface area (Å²) >= 11 is 0. The zero-order chi connectivity index (χ0) is 9.14. The molecule has 0 unspecified atom stereocenters. The predicted octanol–water partition coefficient (Wildman–Crippen LogP) is 2.89. The zero-order valence-electron chi connectivity index (χ0n) is 7.89. The Kier molecular flexibility index (Phi) is 2.69. The Labute approximate surface area is 73.3 Å². The minimum atomic E-state index is 0.819. The van der Waals surface area contributed by atoms with E-state index >= 15 is 0 Å². The first-order valence-corrected chi connectivity index (χ1v) is 4.21. The van der Waals surface area contributed by atoms with Crippen LogP contribution < -0.4 is 0 Å². The van der Waals surface area contributed by atoms with Gasteiger partial charge in [-0.25, -0.2) is 0 Å². The SMILES string of the molecule is CC1=CC(=C(C)C)CC/C1=N\O. The van der Waals surface area contributed by atoms with Crippen LogP contribution in [-0.4, -0.2) is 10.9 Å². The molecule has 0 saturated carbocycles. The normalized spacial score (nSPS) is 21.1. The highest BCUT2D eigenvalue weighted by atomic mass is 16.4. The highest BCUT2D eigenvalue weighted by Gasteiger charge is 2.11. The number of hydrogen-bond acceptors (Lipinski definition) is 2. The fraction of sp³-hybridized carbons (Fsp3) is 0.500. The molecule has 0 aromatic rings. The summed E-state index contributed by atoms with van der Waals surface area (Å²) in [6, 6.07) is 0. The van der Waals surface area contributed by atoms with Gasteiger partial charge in [0, 0.05) is 0 Å². The number of allylic oxidation sites excluding steroid dienone is 4. The molecule has 1 aliphatic rings. The van der Waals surface area contributed by atoms with Gasteiger partial charge in [0.05, 0.1) is 5.71 Å². The van der Waals surface area contributed by atoms with Crippen LogP contribution in [0.1, 0.15) is 33.6 Å². The van der Waals surface area contributed by atoms with Crippen molar-refractivity contribution in [3.8, 4) is 0 Å². The maximum Gasteiger partial charge on any atom is 0.0828 e. The maximum absolute atomic E-state index is 8.62. The molecule has 0 spiro atoms. The van der Waals surface area contributed by atoms with Crippen LogP contribution in [0.3, 0.4) is 0 Å². The Morgan fingerprint density at radius 3 is 2.50 bits per heavy atom. The molecule has 0 fully saturated rings. The van der Waals surface area contributed by atoms with E-state index < -0.39 is 0 Å². The van der Waals surface area contributed by atoms with E-state index in [4.69, 9.17) is 5.21 Å². The number of rotatable bonds is 0. The Bertz CT molecular complexity index is 268. The lowest BCUT2D eigenvalue weighted by Crippen LogP contribution is -2.07. The summed E-state index contributed by atoms with van der Waals surface area (Å²) in [4.78, 5) is 0. The third kappa shape index (κ3) is 1.76. The summed E-state index contributed by atoms with van der Waals surface area (Å²) in [6.07, 6.45) is 3.96. The van der Waals surface area contributed by atoms with Gasteiger partial charge >= 0.3 is 0 Å². The summed E-state index contributed by atoms with van der Waals surface area (Å²) in [7, 11) is 0. The molecule has 1 aliphatic carbocycles. The molecule has 0 bridgehead atoms. The monoisotopic (exact) mass is 165 g/mol.